The van der Waals surface area contributed by atoms with E-state index in [4.69, 9.17) is 5.73 Å². The van der Waals surface area contributed by atoms with Gasteiger partial charge in [-0.2, -0.15) is 0 Å². The van der Waals surface area contributed by atoms with Crippen molar-refractivity contribution in [3.8, 4) is 0 Å². The normalized spacial score (nSPS) is 17.7. The van der Waals surface area contributed by atoms with Gasteiger partial charge in [0.2, 0.25) is 0 Å². The molecule has 0 amide bonds. The van der Waals surface area contributed by atoms with Crippen LogP contribution < -0.4 is 5.73 Å². The Morgan fingerprint density at radius 1 is 1.17 bits per heavy atom. The SMILES string of the molecule is NCC1c2cc(F)c(F)c(F)c2CN1CCCCn1ccnc1. The number of imidazole rings is 1. The Hall–Kier alpha value is -1.86. The topological polar surface area (TPSA) is 47.1 Å². The number of nitrogens with two attached hydrogens (primary N) is 1. The molecular weight excluding hydrogens is 305 g/mol. The first kappa shape index (κ1) is 16.0. The highest BCUT2D eigenvalue weighted by molar-refractivity contribution is 5.37. The summed E-state index contributed by atoms with van der Waals surface area (Å²) in [6, 6.07) is 0.819. The second-order valence-electron chi connectivity index (χ2n) is 5.78. The molecule has 2 heterocycles. The average Bonchev–Trinajstić information content (AvgIpc) is 3.17. The van der Waals surface area contributed by atoms with E-state index in [9.17, 15) is 13.2 Å². The molecule has 0 aliphatic carbocycles. The Bertz CT molecular complexity index is 672. The fraction of sp³-hybridized carbons (Fsp3) is 0.438. The molecule has 4 nitrogen and oxygen atoms in total. The van der Waals surface area contributed by atoms with Gasteiger partial charge < -0.3 is 10.3 Å². The van der Waals surface area contributed by atoms with E-state index in [-0.39, 0.29) is 24.7 Å². The second-order valence-corrected chi connectivity index (χ2v) is 5.78. The minimum Gasteiger partial charge on any atom is -0.337 e. The summed E-state index contributed by atoms with van der Waals surface area (Å²) in [5.74, 6) is -3.64. The number of unbranched alkanes of at least 4 members (excludes halogenated alkanes) is 1. The van der Waals surface area contributed by atoms with E-state index in [0.717, 1.165) is 25.5 Å². The van der Waals surface area contributed by atoms with Gasteiger partial charge in [0.25, 0.3) is 0 Å². The van der Waals surface area contributed by atoms with Gasteiger partial charge in [0.05, 0.1) is 6.33 Å². The lowest BCUT2D eigenvalue weighted by Crippen LogP contribution is -2.29. The largest absolute Gasteiger partial charge is 0.337 e. The average molecular weight is 324 g/mol. The van der Waals surface area contributed by atoms with Crippen LogP contribution in [0.3, 0.4) is 0 Å². The number of rotatable bonds is 6. The third kappa shape index (κ3) is 3.11. The smallest absolute Gasteiger partial charge is 0.194 e. The van der Waals surface area contributed by atoms with Crippen molar-refractivity contribution in [3.63, 3.8) is 0 Å². The molecule has 0 saturated carbocycles. The summed E-state index contributed by atoms with van der Waals surface area (Å²) < 4.78 is 42.8. The van der Waals surface area contributed by atoms with Crippen LogP contribution in [0.4, 0.5) is 13.2 Å². The van der Waals surface area contributed by atoms with E-state index in [1.165, 1.54) is 0 Å². The molecule has 0 fully saturated rings. The Morgan fingerprint density at radius 3 is 2.65 bits per heavy atom. The number of aromatic nitrogens is 2. The zero-order chi connectivity index (χ0) is 16.4. The van der Waals surface area contributed by atoms with Gasteiger partial charge >= 0.3 is 0 Å². The molecule has 7 heteroatoms. The fourth-order valence-electron chi connectivity index (χ4n) is 3.16. The zero-order valence-corrected chi connectivity index (χ0v) is 12.7. The highest BCUT2D eigenvalue weighted by Gasteiger charge is 2.33. The van der Waals surface area contributed by atoms with Gasteiger partial charge in [0, 0.05) is 43.6 Å². The first-order chi connectivity index (χ1) is 11.1. The third-order valence-electron chi connectivity index (χ3n) is 4.35. The van der Waals surface area contributed by atoms with E-state index in [1.807, 2.05) is 15.7 Å². The number of aryl methyl sites for hydroxylation is 1. The van der Waals surface area contributed by atoms with Gasteiger partial charge in [-0.3, -0.25) is 4.90 Å². The molecule has 1 atom stereocenters. The van der Waals surface area contributed by atoms with Crippen molar-refractivity contribution in [2.75, 3.05) is 13.1 Å². The second kappa shape index (κ2) is 6.72. The molecule has 3 rings (SSSR count). The lowest BCUT2D eigenvalue weighted by Gasteiger charge is -2.23. The molecular formula is C16H19F3N4. The minimum atomic E-state index is -1.40. The Morgan fingerprint density at radius 2 is 1.96 bits per heavy atom. The number of benzene rings is 1. The Kier molecular flexibility index (Phi) is 4.68. The van der Waals surface area contributed by atoms with Crippen molar-refractivity contribution >= 4 is 0 Å². The van der Waals surface area contributed by atoms with Crippen LogP contribution in [0.1, 0.15) is 30.0 Å². The quantitative estimate of drug-likeness (QED) is 0.656. The summed E-state index contributed by atoms with van der Waals surface area (Å²) >= 11 is 0. The third-order valence-corrected chi connectivity index (χ3v) is 4.35. The highest BCUT2D eigenvalue weighted by atomic mass is 19.2. The predicted molar refractivity (Wildman–Crippen MR) is 80.0 cm³/mol. The maximum absolute atomic E-state index is 13.9. The summed E-state index contributed by atoms with van der Waals surface area (Å²) in [6.07, 6.45) is 7.21. The number of halogens is 3. The molecule has 124 valence electrons. The molecule has 2 aromatic rings. The van der Waals surface area contributed by atoms with Crippen molar-refractivity contribution in [1.82, 2.24) is 14.5 Å². The van der Waals surface area contributed by atoms with Gasteiger partial charge in [0.15, 0.2) is 17.5 Å². The molecule has 1 aliphatic heterocycles. The van der Waals surface area contributed by atoms with E-state index >= 15 is 0 Å². The van der Waals surface area contributed by atoms with Crippen LogP contribution in [0.2, 0.25) is 0 Å². The maximum Gasteiger partial charge on any atom is 0.194 e. The Labute approximate surface area is 132 Å². The first-order valence-corrected chi connectivity index (χ1v) is 7.68. The van der Waals surface area contributed by atoms with Crippen molar-refractivity contribution in [1.29, 1.82) is 0 Å². The number of nitrogens with zero attached hydrogens (tertiary/aromatic N) is 3. The molecule has 0 radical (unpaired) electrons. The molecule has 1 aromatic carbocycles. The standard InChI is InChI=1S/C16H19F3N4/c17-13-7-11-12(15(18)16(13)19)9-23(14(11)8-20)5-2-1-4-22-6-3-21-10-22/h3,6-7,10,14H,1-2,4-5,8-9,20H2. The molecule has 2 N–H and O–H groups in total. The summed E-state index contributed by atoms with van der Waals surface area (Å²) in [5, 5.41) is 0. The fourth-order valence-corrected chi connectivity index (χ4v) is 3.16. The molecule has 23 heavy (non-hydrogen) atoms. The first-order valence-electron chi connectivity index (χ1n) is 7.68. The number of hydrogen-bond acceptors (Lipinski definition) is 3. The summed E-state index contributed by atoms with van der Waals surface area (Å²) in [7, 11) is 0. The van der Waals surface area contributed by atoms with Crippen LogP contribution in [-0.2, 0) is 13.1 Å². The van der Waals surface area contributed by atoms with Crippen LogP contribution in [0.25, 0.3) is 0 Å². The van der Waals surface area contributed by atoms with E-state index in [2.05, 4.69) is 4.98 Å². The molecule has 0 saturated heterocycles. The van der Waals surface area contributed by atoms with E-state index < -0.39 is 17.5 Å². The molecule has 1 unspecified atom stereocenters. The van der Waals surface area contributed by atoms with Crippen LogP contribution in [0.5, 0.6) is 0 Å². The minimum absolute atomic E-state index is 0.231. The molecule has 0 bridgehead atoms. The van der Waals surface area contributed by atoms with Crippen molar-refractivity contribution in [2.24, 2.45) is 5.73 Å². The number of hydrogen-bond donors (Lipinski definition) is 1. The van der Waals surface area contributed by atoms with E-state index in [1.54, 1.807) is 12.5 Å². The van der Waals surface area contributed by atoms with Gasteiger partial charge in [-0.15, -0.1) is 0 Å². The van der Waals surface area contributed by atoms with Crippen LogP contribution in [-0.4, -0.2) is 27.5 Å². The van der Waals surface area contributed by atoms with Crippen LogP contribution in [0, 0.1) is 17.5 Å². The van der Waals surface area contributed by atoms with Crippen molar-refractivity contribution < 1.29 is 13.2 Å². The van der Waals surface area contributed by atoms with Gasteiger partial charge in [0.1, 0.15) is 0 Å². The summed E-state index contributed by atoms with van der Waals surface area (Å²) in [4.78, 5) is 5.97. The summed E-state index contributed by atoms with van der Waals surface area (Å²) in [6.45, 7) is 2.07. The zero-order valence-electron chi connectivity index (χ0n) is 12.7. The molecule has 1 aromatic heterocycles. The predicted octanol–water partition coefficient (Wildman–Crippen LogP) is 2.60. The molecule has 0 spiro atoms. The van der Waals surface area contributed by atoms with Gasteiger partial charge in [-0.05, 0) is 31.0 Å². The highest BCUT2D eigenvalue weighted by Crippen LogP contribution is 2.36. The van der Waals surface area contributed by atoms with Gasteiger partial charge in [-0.1, -0.05) is 0 Å². The van der Waals surface area contributed by atoms with Crippen molar-refractivity contribution in [3.05, 3.63) is 53.4 Å². The lowest BCUT2D eigenvalue weighted by atomic mass is 10.0. The van der Waals surface area contributed by atoms with E-state index in [0.29, 0.717) is 12.1 Å². The molecule has 1 aliphatic rings. The lowest BCUT2D eigenvalue weighted by molar-refractivity contribution is 0.213. The van der Waals surface area contributed by atoms with Gasteiger partial charge in [-0.25, -0.2) is 18.2 Å². The summed E-state index contributed by atoms with van der Waals surface area (Å²) in [5.41, 5.74) is 6.47. The van der Waals surface area contributed by atoms with Crippen LogP contribution >= 0.6 is 0 Å². The monoisotopic (exact) mass is 324 g/mol. The Balaban J connectivity index is 1.64. The number of fused-ring (bicyclic) bond motifs is 1. The van der Waals surface area contributed by atoms with Crippen molar-refractivity contribution in [2.45, 2.75) is 32.0 Å². The van der Waals surface area contributed by atoms with Crippen LogP contribution in [0.15, 0.2) is 24.8 Å². The maximum atomic E-state index is 13.9.